The first kappa shape index (κ1) is 16.7. The van der Waals surface area contributed by atoms with Crippen molar-refractivity contribution in [3.8, 4) is 0 Å². The predicted octanol–water partition coefficient (Wildman–Crippen LogP) is -4.71. The van der Waals surface area contributed by atoms with Crippen LogP contribution in [0.25, 0.3) is 0 Å². The minimum atomic E-state index is 0. The van der Waals surface area contributed by atoms with Gasteiger partial charge in [-0.2, -0.15) is 0 Å². The standard InChI is InChI=1S/C5H5N.CH3.Al.2ClH/c1-2-4-6-5-3-1;;;;/h1-5H;1H3;;2*1H/q;;+2;;/p-2. The zero-order valence-corrected chi connectivity index (χ0v) is 8.33. The molecule has 0 amide bonds. The first-order valence-corrected chi connectivity index (χ1v) is 3.58. The predicted molar refractivity (Wildman–Crippen MR) is 35.9 cm³/mol. The van der Waals surface area contributed by atoms with Crippen molar-refractivity contribution >= 4 is 16.3 Å². The molecule has 1 rings (SSSR count). The van der Waals surface area contributed by atoms with Crippen LogP contribution >= 0.6 is 0 Å². The molecule has 1 aromatic heterocycles. The summed E-state index contributed by atoms with van der Waals surface area (Å²) < 4.78 is 0. The quantitative estimate of drug-likeness (QED) is 0.376. The van der Waals surface area contributed by atoms with Crippen LogP contribution in [0.3, 0.4) is 0 Å². The molecule has 0 unspecified atom stereocenters. The molecule has 1 heterocycles. The van der Waals surface area contributed by atoms with Crippen LogP contribution in [0, 0.1) is 0 Å². The van der Waals surface area contributed by atoms with Crippen LogP contribution < -0.4 is 24.8 Å². The third-order valence-corrected chi connectivity index (χ3v) is 0.566. The molecule has 0 spiro atoms. The number of halogens is 2. The van der Waals surface area contributed by atoms with Crippen molar-refractivity contribution in [2.45, 2.75) is 5.79 Å². The summed E-state index contributed by atoms with van der Waals surface area (Å²) in [6, 6.07) is 5.72. The largest absolute Gasteiger partial charge is 1.00 e. The molecule has 0 aromatic carbocycles. The summed E-state index contributed by atoms with van der Waals surface area (Å²) in [7, 11) is 0. The fourth-order valence-electron chi connectivity index (χ4n) is 0.313. The van der Waals surface area contributed by atoms with Crippen molar-refractivity contribution in [3.05, 3.63) is 30.6 Å². The van der Waals surface area contributed by atoms with Crippen molar-refractivity contribution < 1.29 is 24.8 Å². The Morgan fingerprint density at radius 1 is 0.900 bits per heavy atom. The monoisotopic (exact) mass is 191 g/mol. The molecule has 1 aromatic rings. The summed E-state index contributed by atoms with van der Waals surface area (Å²) in [4.78, 5) is 3.78. The van der Waals surface area contributed by atoms with Gasteiger partial charge in [0.25, 0.3) is 0 Å². The van der Waals surface area contributed by atoms with Crippen LogP contribution in [0.4, 0.5) is 0 Å². The Morgan fingerprint density at radius 2 is 1.30 bits per heavy atom. The maximum atomic E-state index is 3.78. The fourth-order valence-corrected chi connectivity index (χ4v) is 0.313. The SMILES string of the molecule is [CH3][Al+2].[Cl-].[Cl-].c1ccncc1. The van der Waals surface area contributed by atoms with Gasteiger partial charge in [-0.15, -0.1) is 0 Å². The molecule has 0 aliphatic carbocycles. The van der Waals surface area contributed by atoms with E-state index in [-0.39, 0.29) is 24.8 Å². The first-order chi connectivity index (χ1) is 4.00. The number of hydrogen-bond acceptors (Lipinski definition) is 1. The van der Waals surface area contributed by atoms with Gasteiger partial charge >= 0.3 is 22.1 Å². The van der Waals surface area contributed by atoms with Gasteiger partial charge in [-0.05, 0) is 12.1 Å². The van der Waals surface area contributed by atoms with E-state index >= 15 is 0 Å². The van der Waals surface area contributed by atoms with Crippen molar-refractivity contribution in [1.82, 2.24) is 4.98 Å². The van der Waals surface area contributed by atoms with Crippen LogP contribution in [-0.2, 0) is 0 Å². The van der Waals surface area contributed by atoms with Crippen molar-refractivity contribution in [1.29, 1.82) is 0 Å². The second-order valence-corrected chi connectivity index (χ2v) is 1.02. The van der Waals surface area contributed by atoms with Gasteiger partial charge < -0.3 is 24.8 Å². The zero-order chi connectivity index (χ0) is 6.24. The molecule has 0 aliphatic rings. The summed E-state index contributed by atoms with van der Waals surface area (Å²) in [6.07, 6.45) is 3.50. The van der Waals surface area contributed by atoms with Gasteiger partial charge in [0.05, 0.1) is 0 Å². The van der Waals surface area contributed by atoms with E-state index in [1.807, 2.05) is 24.0 Å². The second-order valence-electron chi connectivity index (χ2n) is 1.02. The Labute approximate surface area is 82.5 Å². The van der Waals surface area contributed by atoms with Crippen LogP contribution in [0.1, 0.15) is 0 Å². The third kappa shape index (κ3) is 11.1. The molecule has 0 aliphatic heterocycles. The Kier molecular flexibility index (Phi) is 26.9. The molecule has 0 N–H and O–H groups in total. The van der Waals surface area contributed by atoms with E-state index in [4.69, 9.17) is 0 Å². The van der Waals surface area contributed by atoms with Gasteiger partial charge in [-0.25, -0.2) is 0 Å². The average Bonchev–Trinajstić information content (AvgIpc) is 1.96. The maximum absolute atomic E-state index is 3.78. The third-order valence-electron chi connectivity index (χ3n) is 0.566. The molecule has 0 saturated carbocycles. The number of nitrogens with zero attached hydrogens (tertiary/aromatic N) is 1. The van der Waals surface area contributed by atoms with Gasteiger partial charge in [0.1, 0.15) is 0 Å². The molecule has 0 radical (unpaired) electrons. The first-order valence-electron chi connectivity index (χ1n) is 2.43. The second kappa shape index (κ2) is 16.1. The zero-order valence-electron chi connectivity index (χ0n) is 5.67. The van der Waals surface area contributed by atoms with E-state index in [2.05, 4.69) is 21.3 Å². The fraction of sp³-hybridized carbons (Fsp3) is 0.167. The van der Waals surface area contributed by atoms with Gasteiger partial charge in [0.2, 0.25) is 0 Å². The maximum Gasteiger partial charge on any atom is 0.0267 e. The average molecular weight is 192 g/mol. The Morgan fingerprint density at radius 3 is 1.40 bits per heavy atom. The molecule has 54 valence electrons. The summed E-state index contributed by atoms with van der Waals surface area (Å²) in [5.74, 6) is 1.92. The van der Waals surface area contributed by atoms with Crippen molar-refractivity contribution in [2.24, 2.45) is 0 Å². The molecule has 0 fully saturated rings. The van der Waals surface area contributed by atoms with Crippen molar-refractivity contribution in [3.63, 3.8) is 0 Å². The van der Waals surface area contributed by atoms with Crippen molar-refractivity contribution in [2.75, 3.05) is 0 Å². The molecule has 0 bridgehead atoms. The van der Waals surface area contributed by atoms with Crippen LogP contribution in [-0.4, -0.2) is 21.3 Å². The van der Waals surface area contributed by atoms with Crippen LogP contribution in [0.15, 0.2) is 30.6 Å². The molecular weight excluding hydrogens is 184 g/mol. The minimum Gasteiger partial charge on any atom is -1.00 e. The molecule has 0 atom stereocenters. The van der Waals surface area contributed by atoms with Crippen LogP contribution in [0.5, 0.6) is 0 Å². The number of hydrogen-bond donors (Lipinski definition) is 0. The number of aromatic nitrogens is 1. The van der Waals surface area contributed by atoms with Crippen LogP contribution in [0.2, 0.25) is 5.79 Å². The molecular formula is C6H8AlCl2N. The van der Waals surface area contributed by atoms with Gasteiger partial charge in [-0.3, -0.25) is 4.98 Å². The molecule has 1 nitrogen and oxygen atoms in total. The Hall–Kier alpha value is 0.262. The Balaban J connectivity index is -0.000000114. The molecule has 10 heavy (non-hydrogen) atoms. The summed E-state index contributed by atoms with van der Waals surface area (Å²) >= 11 is 2.42. The van der Waals surface area contributed by atoms with E-state index in [1.165, 1.54) is 0 Å². The minimum absolute atomic E-state index is 0. The van der Waals surface area contributed by atoms with Gasteiger partial charge in [0, 0.05) is 12.4 Å². The number of rotatable bonds is 0. The van der Waals surface area contributed by atoms with E-state index in [1.54, 1.807) is 12.4 Å². The smallest absolute Gasteiger partial charge is 0.0267 e. The molecule has 0 saturated heterocycles. The summed E-state index contributed by atoms with van der Waals surface area (Å²) in [6.45, 7) is 0. The Bertz CT molecular complexity index is 87.7. The van der Waals surface area contributed by atoms with Gasteiger partial charge in [-0.1, -0.05) is 6.07 Å². The van der Waals surface area contributed by atoms with E-state index < -0.39 is 0 Å². The van der Waals surface area contributed by atoms with E-state index in [0.717, 1.165) is 0 Å². The summed E-state index contributed by atoms with van der Waals surface area (Å²) in [5.41, 5.74) is 0. The van der Waals surface area contributed by atoms with E-state index in [9.17, 15) is 0 Å². The topological polar surface area (TPSA) is 12.9 Å². The normalized spacial score (nSPS) is 5.50. The van der Waals surface area contributed by atoms with Gasteiger partial charge in [0.15, 0.2) is 0 Å². The number of pyridine rings is 1. The summed E-state index contributed by atoms with van der Waals surface area (Å²) in [5, 5.41) is 0. The molecule has 4 heteroatoms. The van der Waals surface area contributed by atoms with E-state index in [0.29, 0.717) is 0 Å².